The summed E-state index contributed by atoms with van der Waals surface area (Å²) in [7, 11) is 1.00. The van der Waals surface area contributed by atoms with Crippen LogP contribution in [0.15, 0.2) is 36.5 Å². The van der Waals surface area contributed by atoms with Crippen molar-refractivity contribution in [2.45, 2.75) is 24.8 Å². The summed E-state index contributed by atoms with van der Waals surface area (Å²) in [4.78, 5) is 18.9. The molecule has 0 aliphatic carbocycles. The second-order valence-electron chi connectivity index (χ2n) is 8.87. The molecule has 7 nitrogen and oxygen atoms in total. The monoisotopic (exact) mass is 609 g/mol. The van der Waals surface area contributed by atoms with Gasteiger partial charge in [0, 0.05) is 36.8 Å². The Bertz CT molecular complexity index is 1630. The van der Waals surface area contributed by atoms with Crippen molar-refractivity contribution < 1.29 is 40.3 Å². The Balaban J connectivity index is 1.54. The van der Waals surface area contributed by atoms with E-state index in [2.05, 4.69) is 10.1 Å². The number of aryl methyl sites for hydroxylation is 1. The lowest BCUT2D eigenvalue weighted by Gasteiger charge is -2.36. The highest BCUT2D eigenvalue weighted by Gasteiger charge is 2.41. The summed E-state index contributed by atoms with van der Waals surface area (Å²) < 4.78 is 102. The number of pyridine rings is 1. The first-order valence-corrected chi connectivity index (χ1v) is 12.2. The molecule has 1 unspecified atom stereocenters. The van der Waals surface area contributed by atoms with Gasteiger partial charge in [0.05, 0.1) is 17.0 Å². The lowest BCUT2D eigenvalue weighted by molar-refractivity contribution is -0.143. The van der Waals surface area contributed by atoms with Crippen LogP contribution in [0.25, 0.3) is 5.65 Å². The molecule has 1 atom stereocenters. The van der Waals surface area contributed by atoms with Crippen LogP contribution in [0.4, 0.5) is 30.7 Å². The van der Waals surface area contributed by atoms with Gasteiger partial charge in [0.25, 0.3) is 11.8 Å². The minimum Gasteiger partial charge on any atom is -0.465 e. The summed E-state index contributed by atoms with van der Waals surface area (Å²) in [6, 6.07) is 4.20. The fourth-order valence-corrected chi connectivity index (χ4v) is 5.14. The first-order valence-electron chi connectivity index (χ1n) is 11.4. The Morgan fingerprint density at radius 2 is 1.82 bits per heavy atom. The molecule has 4 aromatic rings. The molecule has 4 heterocycles. The van der Waals surface area contributed by atoms with Gasteiger partial charge >= 0.3 is 12.4 Å². The van der Waals surface area contributed by atoms with Crippen molar-refractivity contribution in [3.05, 3.63) is 80.6 Å². The molecule has 0 bridgehead atoms. The molecule has 1 aromatic carbocycles. The van der Waals surface area contributed by atoms with Gasteiger partial charge in [0.1, 0.15) is 22.5 Å². The maximum atomic E-state index is 15.2. The van der Waals surface area contributed by atoms with Crippen LogP contribution in [0.2, 0.25) is 10.0 Å². The molecule has 3 aromatic heterocycles. The number of alkyl halides is 6. The Kier molecular flexibility index (Phi) is 6.89. The molecular weight excluding hydrogens is 594 g/mol. The number of rotatable bonds is 4. The van der Waals surface area contributed by atoms with Crippen LogP contribution in [0.3, 0.4) is 0 Å². The van der Waals surface area contributed by atoms with Gasteiger partial charge < -0.3 is 14.0 Å². The van der Waals surface area contributed by atoms with Crippen LogP contribution in [-0.4, -0.2) is 43.1 Å². The smallest absolute Gasteiger partial charge is 0.434 e. The summed E-state index contributed by atoms with van der Waals surface area (Å²) in [5, 5.41) is 2.81. The number of imidazole rings is 1. The Labute approximate surface area is 230 Å². The number of hydrogen-bond donors (Lipinski definition) is 0. The molecular formula is C24H16Cl2F7N5O2. The van der Waals surface area contributed by atoms with Gasteiger partial charge in [-0.25, -0.2) is 9.37 Å². The molecule has 1 aliphatic rings. The van der Waals surface area contributed by atoms with E-state index in [1.54, 1.807) is 0 Å². The molecule has 212 valence electrons. The molecule has 0 saturated carbocycles. The summed E-state index contributed by atoms with van der Waals surface area (Å²) in [5.74, 6) is -2.21. The number of aromatic nitrogens is 4. The lowest BCUT2D eigenvalue weighted by Crippen LogP contribution is -2.43. The number of carbonyl (C=O) groups is 1. The van der Waals surface area contributed by atoms with Crippen molar-refractivity contribution in [1.29, 1.82) is 0 Å². The molecule has 40 heavy (non-hydrogen) atoms. The number of amides is 1. The van der Waals surface area contributed by atoms with Gasteiger partial charge in [-0.1, -0.05) is 29.3 Å². The molecule has 5 rings (SSSR count). The van der Waals surface area contributed by atoms with E-state index in [9.17, 15) is 31.1 Å². The number of fused-ring (bicyclic) bond motifs is 3. The zero-order valence-electron chi connectivity index (χ0n) is 20.1. The van der Waals surface area contributed by atoms with E-state index in [4.69, 9.17) is 27.9 Å². The van der Waals surface area contributed by atoms with Crippen LogP contribution >= 0.6 is 23.2 Å². The van der Waals surface area contributed by atoms with Gasteiger partial charge in [-0.05, 0) is 24.3 Å². The van der Waals surface area contributed by atoms with Crippen LogP contribution in [-0.2, 0) is 30.6 Å². The second kappa shape index (κ2) is 9.84. The number of nitrogens with zero attached hydrogens (tertiary/aromatic N) is 5. The quantitative estimate of drug-likeness (QED) is 0.262. The molecule has 0 N–H and O–H groups in total. The third kappa shape index (κ3) is 4.94. The topological polar surface area (TPSA) is 64.7 Å². The van der Waals surface area contributed by atoms with Crippen molar-refractivity contribution in [2.75, 3.05) is 13.2 Å². The van der Waals surface area contributed by atoms with Gasteiger partial charge in [0.2, 0.25) is 0 Å². The molecule has 1 amide bonds. The largest absolute Gasteiger partial charge is 0.465 e. The number of carbonyl (C=O) groups excluding carboxylic acids is 1. The molecule has 0 radical (unpaired) electrons. The summed E-state index contributed by atoms with van der Waals surface area (Å²) in [6.07, 6.45) is -8.24. The molecule has 0 saturated heterocycles. The first-order chi connectivity index (χ1) is 18.7. The number of benzene rings is 1. The third-order valence-corrected chi connectivity index (χ3v) is 6.94. The van der Waals surface area contributed by atoms with Crippen molar-refractivity contribution >= 4 is 34.8 Å². The summed E-state index contributed by atoms with van der Waals surface area (Å²) >= 11 is 11.7. The summed E-state index contributed by atoms with van der Waals surface area (Å²) in [5.41, 5.74) is -1.74. The second-order valence-corrected chi connectivity index (χ2v) is 9.68. The van der Waals surface area contributed by atoms with Crippen molar-refractivity contribution in [3.63, 3.8) is 0 Å². The van der Waals surface area contributed by atoms with E-state index in [-0.39, 0.29) is 34.9 Å². The van der Waals surface area contributed by atoms with E-state index in [0.717, 1.165) is 31.4 Å². The third-order valence-electron chi connectivity index (χ3n) is 6.37. The van der Waals surface area contributed by atoms with Crippen molar-refractivity contribution in [2.24, 2.45) is 7.05 Å². The summed E-state index contributed by atoms with van der Waals surface area (Å²) in [6.45, 7) is -0.869. The van der Waals surface area contributed by atoms with Gasteiger partial charge in [-0.3, -0.25) is 9.48 Å². The zero-order valence-corrected chi connectivity index (χ0v) is 21.6. The first kappa shape index (κ1) is 28.0. The fraction of sp³-hybridized carbons (Fsp3) is 0.292. The normalized spacial score (nSPS) is 15.9. The van der Waals surface area contributed by atoms with E-state index in [0.29, 0.717) is 10.4 Å². The maximum absolute atomic E-state index is 15.2. The highest BCUT2D eigenvalue weighted by atomic mass is 35.5. The molecule has 1 aliphatic heterocycles. The van der Waals surface area contributed by atoms with E-state index in [1.165, 1.54) is 21.4 Å². The van der Waals surface area contributed by atoms with Crippen molar-refractivity contribution in [3.8, 4) is 5.88 Å². The van der Waals surface area contributed by atoms with E-state index >= 15 is 4.39 Å². The zero-order chi connectivity index (χ0) is 29.1. The lowest BCUT2D eigenvalue weighted by atomic mass is 9.95. The number of hydrogen-bond acceptors (Lipinski definition) is 4. The highest BCUT2D eigenvalue weighted by molar-refractivity contribution is 6.32. The Morgan fingerprint density at radius 3 is 2.45 bits per heavy atom. The van der Waals surface area contributed by atoms with Gasteiger partial charge in [-0.15, -0.1) is 5.10 Å². The standard InChI is InChI=1S/C24H16Cl2F7N5O2/c1-36-21(24(31,32)33)18(26)22(35-36)40-10-17(39)38-7-5-15-20(19(38)13-3-2-12(25)9-14(13)27)37-6-4-11(23(28,29)30)8-16(37)34-15/h2-4,6,8-9,19H,5,7,10H2,1H3. The van der Waals surface area contributed by atoms with Crippen molar-refractivity contribution in [1.82, 2.24) is 24.1 Å². The predicted octanol–water partition coefficient (Wildman–Crippen LogP) is 6.10. The Hall–Kier alpha value is -3.52. The van der Waals surface area contributed by atoms with Crippen LogP contribution in [0, 0.1) is 5.82 Å². The van der Waals surface area contributed by atoms with Gasteiger partial charge in [0.15, 0.2) is 12.3 Å². The van der Waals surface area contributed by atoms with Crippen LogP contribution in [0.1, 0.15) is 34.3 Å². The average molecular weight is 610 g/mol. The predicted molar refractivity (Wildman–Crippen MR) is 128 cm³/mol. The number of ether oxygens (including phenoxy) is 1. The maximum Gasteiger partial charge on any atom is 0.434 e. The molecule has 0 fully saturated rings. The minimum atomic E-state index is -4.83. The fourth-order valence-electron chi connectivity index (χ4n) is 4.66. The number of halogens is 9. The van der Waals surface area contributed by atoms with E-state index < -0.39 is 58.9 Å². The minimum absolute atomic E-state index is 0.0318. The Morgan fingerprint density at radius 1 is 1.10 bits per heavy atom. The highest BCUT2D eigenvalue weighted by Crippen LogP contribution is 2.40. The SMILES string of the molecule is Cn1nc(OCC(=O)N2CCc3nc4cc(C(F)(F)F)ccn4c3C2c2ccc(Cl)cc2F)c(Cl)c1C(F)(F)F. The van der Waals surface area contributed by atoms with Crippen LogP contribution < -0.4 is 4.74 Å². The molecule has 0 spiro atoms. The van der Waals surface area contributed by atoms with Gasteiger partial charge in [-0.2, -0.15) is 26.3 Å². The van der Waals surface area contributed by atoms with E-state index in [1.807, 2.05) is 0 Å². The average Bonchev–Trinajstić information content (AvgIpc) is 3.37. The molecule has 16 heteroatoms. The van der Waals surface area contributed by atoms with Crippen LogP contribution in [0.5, 0.6) is 5.88 Å².